The van der Waals surface area contributed by atoms with Crippen LogP contribution in [0.5, 0.6) is 5.75 Å². The summed E-state index contributed by atoms with van der Waals surface area (Å²) >= 11 is 0. The molecule has 0 saturated carbocycles. The van der Waals surface area contributed by atoms with E-state index in [4.69, 9.17) is 10.5 Å². The van der Waals surface area contributed by atoms with Gasteiger partial charge in [-0.1, -0.05) is 12.1 Å². The van der Waals surface area contributed by atoms with Crippen molar-refractivity contribution in [3.8, 4) is 34.2 Å². The van der Waals surface area contributed by atoms with Gasteiger partial charge in [0.15, 0.2) is 0 Å². The van der Waals surface area contributed by atoms with Gasteiger partial charge in [0.25, 0.3) is 0 Å². The van der Waals surface area contributed by atoms with Crippen LogP contribution in [0.4, 0.5) is 14.6 Å². The molecule has 3 rings (SSSR count). The lowest BCUT2D eigenvalue weighted by atomic mass is 9.97. The summed E-state index contributed by atoms with van der Waals surface area (Å²) < 4.78 is 32.7. The summed E-state index contributed by atoms with van der Waals surface area (Å²) in [5.74, 6) is -0.964. The molecule has 6 heteroatoms. The van der Waals surface area contributed by atoms with Crippen molar-refractivity contribution in [1.29, 1.82) is 5.26 Å². The summed E-state index contributed by atoms with van der Waals surface area (Å²) in [7, 11) is 1.52. The summed E-state index contributed by atoms with van der Waals surface area (Å²) in [5, 5.41) is 9.38. The van der Waals surface area contributed by atoms with Crippen molar-refractivity contribution in [2.45, 2.75) is 0 Å². The van der Waals surface area contributed by atoms with E-state index in [0.717, 1.165) is 12.1 Å². The Hall–Kier alpha value is -3.46. The van der Waals surface area contributed by atoms with Crippen LogP contribution in [0.25, 0.3) is 22.4 Å². The first kappa shape index (κ1) is 16.4. The van der Waals surface area contributed by atoms with Crippen LogP contribution >= 0.6 is 0 Å². The van der Waals surface area contributed by atoms with Crippen LogP contribution in [-0.4, -0.2) is 12.1 Å². The van der Waals surface area contributed by atoms with Crippen molar-refractivity contribution >= 4 is 5.82 Å². The van der Waals surface area contributed by atoms with E-state index in [1.807, 2.05) is 6.07 Å². The van der Waals surface area contributed by atoms with Gasteiger partial charge in [0.2, 0.25) is 0 Å². The molecule has 0 aliphatic rings. The zero-order valence-electron chi connectivity index (χ0n) is 13.3. The number of aromatic nitrogens is 1. The highest BCUT2D eigenvalue weighted by Gasteiger charge is 2.18. The average molecular weight is 337 g/mol. The fraction of sp³-hybridized carbons (Fsp3) is 0.0526. The number of nitrogen functional groups attached to an aromatic ring is 1. The minimum absolute atomic E-state index is 0.0316. The van der Waals surface area contributed by atoms with E-state index in [1.165, 1.54) is 13.2 Å². The quantitative estimate of drug-likeness (QED) is 0.779. The van der Waals surface area contributed by atoms with Gasteiger partial charge in [-0.3, -0.25) is 0 Å². The first-order valence-corrected chi connectivity index (χ1v) is 7.34. The Morgan fingerprint density at radius 1 is 1.04 bits per heavy atom. The van der Waals surface area contributed by atoms with Gasteiger partial charge in [-0.15, -0.1) is 0 Å². The molecule has 25 heavy (non-hydrogen) atoms. The van der Waals surface area contributed by atoms with E-state index in [2.05, 4.69) is 4.98 Å². The van der Waals surface area contributed by atoms with Crippen LogP contribution in [0, 0.1) is 23.0 Å². The number of nitrogens with two attached hydrogens (primary N) is 1. The highest BCUT2D eigenvalue weighted by Crippen LogP contribution is 2.35. The first-order valence-electron chi connectivity index (χ1n) is 7.34. The smallest absolute Gasteiger partial charge is 0.142 e. The second-order valence-corrected chi connectivity index (χ2v) is 5.25. The second-order valence-electron chi connectivity index (χ2n) is 5.25. The van der Waals surface area contributed by atoms with Crippen LogP contribution in [0.3, 0.4) is 0 Å². The summed E-state index contributed by atoms with van der Waals surface area (Å²) in [6, 6.07) is 13.8. The maximum absolute atomic E-state index is 14.2. The number of methoxy groups -OCH3 is 1. The SMILES string of the molecule is COc1ccccc1-c1cc(-c2ccc(F)cc2F)c(C#N)c(N)n1. The molecule has 3 aromatic rings. The van der Waals surface area contributed by atoms with Crippen molar-refractivity contribution in [2.75, 3.05) is 12.8 Å². The number of nitrogens with zero attached hydrogens (tertiary/aromatic N) is 2. The Morgan fingerprint density at radius 3 is 2.48 bits per heavy atom. The Balaban J connectivity index is 2.29. The molecule has 0 atom stereocenters. The molecule has 0 saturated heterocycles. The summed E-state index contributed by atoms with van der Waals surface area (Å²) in [4.78, 5) is 4.23. The van der Waals surface area contributed by atoms with Gasteiger partial charge in [0.05, 0.1) is 12.8 Å². The number of hydrogen-bond acceptors (Lipinski definition) is 4. The molecule has 0 amide bonds. The summed E-state index contributed by atoms with van der Waals surface area (Å²) in [5.41, 5.74) is 7.32. The first-order chi connectivity index (χ1) is 12.0. The Labute approximate surface area is 143 Å². The predicted octanol–water partition coefficient (Wildman–Crippen LogP) is 4.16. The number of ether oxygens (including phenoxy) is 1. The van der Waals surface area contributed by atoms with Crippen molar-refractivity contribution in [1.82, 2.24) is 4.98 Å². The van der Waals surface area contributed by atoms with Crippen LogP contribution in [0.2, 0.25) is 0 Å². The standard InChI is InChI=1S/C19H13F2N3O/c1-25-18-5-3-2-4-13(18)17-9-14(15(10-22)19(23)24-17)12-7-6-11(20)8-16(12)21/h2-9H,1H3,(H2,23,24). The number of rotatable bonds is 3. The van der Waals surface area contributed by atoms with Crippen molar-refractivity contribution in [2.24, 2.45) is 0 Å². The third kappa shape index (κ3) is 3.00. The number of halogens is 2. The van der Waals surface area contributed by atoms with Gasteiger partial charge in [-0.05, 0) is 30.3 Å². The van der Waals surface area contributed by atoms with E-state index in [0.29, 0.717) is 17.0 Å². The van der Waals surface area contributed by atoms with E-state index in [-0.39, 0.29) is 22.5 Å². The van der Waals surface area contributed by atoms with Gasteiger partial charge in [-0.2, -0.15) is 5.26 Å². The van der Waals surface area contributed by atoms with Gasteiger partial charge < -0.3 is 10.5 Å². The van der Waals surface area contributed by atoms with Crippen molar-refractivity contribution in [3.05, 3.63) is 65.7 Å². The van der Waals surface area contributed by atoms with Gasteiger partial charge in [0, 0.05) is 22.8 Å². The van der Waals surface area contributed by atoms with E-state index < -0.39 is 11.6 Å². The molecule has 0 aliphatic heterocycles. The molecule has 124 valence electrons. The predicted molar refractivity (Wildman–Crippen MR) is 90.7 cm³/mol. The molecule has 0 aliphatic carbocycles. The van der Waals surface area contributed by atoms with Gasteiger partial charge in [0.1, 0.15) is 34.8 Å². The van der Waals surface area contributed by atoms with E-state index in [9.17, 15) is 14.0 Å². The number of nitriles is 1. The molecule has 1 aromatic heterocycles. The Bertz CT molecular complexity index is 996. The normalized spacial score (nSPS) is 10.3. The lowest BCUT2D eigenvalue weighted by molar-refractivity contribution is 0.416. The number of anilines is 1. The van der Waals surface area contributed by atoms with Gasteiger partial charge >= 0.3 is 0 Å². The maximum atomic E-state index is 14.2. The zero-order valence-corrected chi connectivity index (χ0v) is 13.3. The Kier molecular flexibility index (Phi) is 4.31. The molecule has 4 nitrogen and oxygen atoms in total. The van der Waals surface area contributed by atoms with Crippen LogP contribution in [0.15, 0.2) is 48.5 Å². The van der Waals surface area contributed by atoms with E-state index in [1.54, 1.807) is 30.3 Å². The molecular formula is C19H13F2N3O. The maximum Gasteiger partial charge on any atom is 0.142 e. The third-order valence-electron chi connectivity index (χ3n) is 3.76. The number of para-hydroxylation sites is 1. The minimum Gasteiger partial charge on any atom is -0.496 e. The number of pyridine rings is 1. The molecule has 1 heterocycles. The average Bonchev–Trinajstić information content (AvgIpc) is 2.61. The monoisotopic (exact) mass is 337 g/mol. The second kappa shape index (κ2) is 6.57. The highest BCUT2D eigenvalue weighted by atomic mass is 19.1. The molecule has 2 aromatic carbocycles. The Morgan fingerprint density at radius 2 is 1.80 bits per heavy atom. The number of benzene rings is 2. The van der Waals surface area contributed by atoms with Gasteiger partial charge in [-0.25, -0.2) is 13.8 Å². The third-order valence-corrected chi connectivity index (χ3v) is 3.76. The van der Waals surface area contributed by atoms with Crippen molar-refractivity contribution < 1.29 is 13.5 Å². The molecule has 0 unspecified atom stereocenters. The molecular weight excluding hydrogens is 324 g/mol. The zero-order chi connectivity index (χ0) is 18.0. The molecule has 0 radical (unpaired) electrons. The summed E-state index contributed by atoms with van der Waals surface area (Å²) in [6.45, 7) is 0. The lowest BCUT2D eigenvalue weighted by Crippen LogP contribution is -2.01. The minimum atomic E-state index is -0.784. The molecule has 0 spiro atoms. The largest absolute Gasteiger partial charge is 0.496 e. The van der Waals surface area contributed by atoms with Crippen LogP contribution < -0.4 is 10.5 Å². The molecule has 0 fully saturated rings. The van der Waals surface area contributed by atoms with E-state index >= 15 is 0 Å². The topological polar surface area (TPSA) is 71.9 Å². The fourth-order valence-corrected chi connectivity index (χ4v) is 2.60. The molecule has 2 N–H and O–H groups in total. The lowest BCUT2D eigenvalue weighted by Gasteiger charge is -2.13. The molecule has 0 bridgehead atoms. The number of hydrogen-bond donors (Lipinski definition) is 1. The van der Waals surface area contributed by atoms with Crippen molar-refractivity contribution in [3.63, 3.8) is 0 Å². The van der Waals surface area contributed by atoms with Crippen LogP contribution in [-0.2, 0) is 0 Å². The summed E-state index contributed by atoms with van der Waals surface area (Å²) in [6.07, 6.45) is 0. The fourth-order valence-electron chi connectivity index (χ4n) is 2.60. The highest BCUT2D eigenvalue weighted by molar-refractivity contribution is 5.81. The van der Waals surface area contributed by atoms with Crippen LogP contribution in [0.1, 0.15) is 5.56 Å².